The monoisotopic (exact) mass is 184 g/mol. The predicted molar refractivity (Wildman–Crippen MR) is 54.2 cm³/mol. The molecule has 74 valence electrons. The molecule has 0 aromatic rings. The molecule has 0 radical (unpaired) electrons. The fraction of sp³-hybridized carbons (Fsp3) is 0.455. The van der Waals surface area contributed by atoms with Crippen LogP contribution in [0, 0.1) is 0 Å². The van der Waals surface area contributed by atoms with Gasteiger partial charge in [-0.2, -0.15) is 0 Å². The molecule has 0 fully saturated rings. The maximum atomic E-state index is 13.3. The van der Waals surface area contributed by atoms with Crippen LogP contribution in [0.3, 0.4) is 0 Å². The first-order valence-electron chi connectivity index (χ1n) is 4.46. The van der Waals surface area contributed by atoms with Gasteiger partial charge < -0.3 is 4.74 Å². The number of allylic oxidation sites excluding steroid dienone is 5. The van der Waals surface area contributed by atoms with E-state index in [0.717, 1.165) is 0 Å². The highest BCUT2D eigenvalue weighted by atomic mass is 19.1. The summed E-state index contributed by atoms with van der Waals surface area (Å²) in [6, 6.07) is 0. The lowest BCUT2D eigenvalue weighted by atomic mass is 10.1. The summed E-state index contributed by atoms with van der Waals surface area (Å²) in [5.41, 5.74) is -1.39. The van der Waals surface area contributed by atoms with Gasteiger partial charge in [-0.3, -0.25) is 0 Å². The van der Waals surface area contributed by atoms with Crippen LogP contribution in [-0.4, -0.2) is 12.8 Å². The van der Waals surface area contributed by atoms with Crippen molar-refractivity contribution in [2.75, 3.05) is 7.11 Å². The number of halogens is 1. The van der Waals surface area contributed by atoms with Crippen LogP contribution in [0.25, 0.3) is 0 Å². The van der Waals surface area contributed by atoms with E-state index in [2.05, 4.69) is 0 Å². The molecular weight excluding hydrogens is 167 g/mol. The smallest absolute Gasteiger partial charge is 0.148 e. The van der Waals surface area contributed by atoms with E-state index in [1.54, 1.807) is 18.2 Å². The minimum atomic E-state index is -1.39. The van der Waals surface area contributed by atoms with E-state index in [4.69, 9.17) is 4.74 Å². The molecule has 2 heteroatoms. The maximum Gasteiger partial charge on any atom is 0.148 e. The van der Waals surface area contributed by atoms with Gasteiger partial charge in [0.2, 0.25) is 0 Å². The van der Waals surface area contributed by atoms with Gasteiger partial charge in [0.25, 0.3) is 0 Å². The largest absolute Gasteiger partial charge is 0.497 e. The van der Waals surface area contributed by atoms with Crippen molar-refractivity contribution < 1.29 is 9.13 Å². The predicted octanol–water partition coefficient (Wildman–Crippen LogP) is 3.40. The molecule has 13 heavy (non-hydrogen) atoms. The Morgan fingerprint density at radius 3 is 2.46 bits per heavy atom. The Kier molecular flexibility index (Phi) is 5.12. The fourth-order valence-corrected chi connectivity index (χ4v) is 0.895. The lowest BCUT2D eigenvalue weighted by Crippen LogP contribution is -2.09. The molecule has 0 amide bonds. The second-order valence-electron chi connectivity index (χ2n) is 2.62. The fourth-order valence-electron chi connectivity index (χ4n) is 0.895. The first-order chi connectivity index (χ1) is 6.14. The maximum absolute atomic E-state index is 13.3. The first-order valence-corrected chi connectivity index (χ1v) is 4.46. The van der Waals surface area contributed by atoms with Gasteiger partial charge >= 0.3 is 0 Å². The van der Waals surface area contributed by atoms with Crippen molar-refractivity contribution in [2.45, 2.75) is 26.4 Å². The number of hydrogen-bond donors (Lipinski definition) is 0. The average Bonchev–Trinajstić information content (AvgIpc) is 2.29. The molecule has 1 aliphatic rings. The van der Waals surface area contributed by atoms with Crippen molar-refractivity contribution >= 4 is 0 Å². The van der Waals surface area contributed by atoms with Crippen molar-refractivity contribution in [3.63, 3.8) is 0 Å². The normalized spacial score (nSPS) is 25.5. The van der Waals surface area contributed by atoms with E-state index in [1.165, 1.54) is 26.2 Å². The van der Waals surface area contributed by atoms with E-state index >= 15 is 0 Å². The quantitative estimate of drug-likeness (QED) is 0.607. The van der Waals surface area contributed by atoms with Gasteiger partial charge in [0.15, 0.2) is 0 Å². The summed E-state index contributed by atoms with van der Waals surface area (Å²) in [6.07, 6.45) is 8.06. The van der Waals surface area contributed by atoms with Gasteiger partial charge in [0.05, 0.1) is 7.11 Å². The summed E-state index contributed by atoms with van der Waals surface area (Å²) < 4.78 is 18.2. The topological polar surface area (TPSA) is 9.23 Å². The van der Waals surface area contributed by atoms with Crippen LogP contribution in [0.1, 0.15) is 20.8 Å². The molecule has 1 aliphatic carbocycles. The van der Waals surface area contributed by atoms with Crippen LogP contribution in [0.15, 0.2) is 36.1 Å². The number of alkyl halides is 1. The summed E-state index contributed by atoms with van der Waals surface area (Å²) in [5, 5.41) is 0. The highest BCUT2D eigenvalue weighted by Gasteiger charge is 2.17. The van der Waals surface area contributed by atoms with Crippen LogP contribution in [-0.2, 0) is 4.74 Å². The SMILES string of the molecule is CC.COC1=CC(C)(F)C=CC=C1. The van der Waals surface area contributed by atoms with Crippen molar-refractivity contribution in [2.24, 2.45) is 0 Å². The van der Waals surface area contributed by atoms with Crippen molar-refractivity contribution in [1.82, 2.24) is 0 Å². The highest BCUT2D eigenvalue weighted by Crippen LogP contribution is 2.19. The molecular formula is C11H17FO. The third kappa shape index (κ3) is 4.51. The molecule has 1 rings (SSSR count). The standard InChI is InChI=1S/C9H11FO.C2H6/c1-9(10)6-4-3-5-8(7-9)11-2;1-2/h3-7H,1-2H3;1-2H3. The Bertz CT molecular complexity index is 224. The number of hydrogen-bond acceptors (Lipinski definition) is 1. The molecule has 0 aromatic heterocycles. The molecule has 1 nitrogen and oxygen atoms in total. The summed E-state index contributed by atoms with van der Waals surface area (Å²) in [6.45, 7) is 5.48. The Hall–Kier alpha value is -1.05. The minimum Gasteiger partial charge on any atom is -0.497 e. The number of methoxy groups -OCH3 is 1. The zero-order valence-corrected chi connectivity index (χ0v) is 8.67. The second-order valence-corrected chi connectivity index (χ2v) is 2.62. The Morgan fingerprint density at radius 1 is 1.31 bits per heavy atom. The second kappa shape index (κ2) is 5.57. The van der Waals surface area contributed by atoms with Crippen LogP contribution >= 0.6 is 0 Å². The van der Waals surface area contributed by atoms with E-state index in [-0.39, 0.29) is 0 Å². The Morgan fingerprint density at radius 2 is 1.92 bits per heavy atom. The Balaban J connectivity index is 0.000000671. The van der Waals surface area contributed by atoms with E-state index in [9.17, 15) is 4.39 Å². The molecule has 0 bridgehead atoms. The summed E-state index contributed by atoms with van der Waals surface area (Å²) in [7, 11) is 1.53. The molecule has 0 spiro atoms. The molecule has 0 saturated heterocycles. The van der Waals surface area contributed by atoms with Gasteiger partial charge in [-0.15, -0.1) is 0 Å². The van der Waals surface area contributed by atoms with Crippen molar-refractivity contribution in [1.29, 1.82) is 0 Å². The van der Waals surface area contributed by atoms with Crippen LogP contribution in [0.4, 0.5) is 4.39 Å². The zero-order chi connectivity index (χ0) is 10.3. The molecule has 0 aliphatic heterocycles. The van der Waals surface area contributed by atoms with Crippen LogP contribution in [0.2, 0.25) is 0 Å². The molecule has 0 saturated carbocycles. The highest BCUT2D eigenvalue weighted by molar-refractivity contribution is 5.29. The third-order valence-electron chi connectivity index (χ3n) is 1.45. The third-order valence-corrected chi connectivity index (χ3v) is 1.45. The Labute approximate surface area is 79.6 Å². The van der Waals surface area contributed by atoms with Crippen molar-refractivity contribution in [3.05, 3.63) is 36.1 Å². The first kappa shape index (κ1) is 11.9. The molecule has 0 heterocycles. The molecule has 0 aromatic carbocycles. The van der Waals surface area contributed by atoms with Gasteiger partial charge in [0.1, 0.15) is 11.4 Å². The summed E-state index contributed by atoms with van der Waals surface area (Å²) in [4.78, 5) is 0. The van der Waals surface area contributed by atoms with Gasteiger partial charge in [0, 0.05) is 0 Å². The molecule has 1 unspecified atom stereocenters. The molecule has 1 atom stereocenters. The van der Waals surface area contributed by atoms with Gasteiger partial charge in [-0.25, -0.2) is 4.39 Å². The molecule has 0 N–H and O–H groups in total. The van der Waals surface area contributed by atoms with Crippen molar-refractivity contribution in [3.8, 4) is 0 Å². The van der Waals surface area contributed by atoms with Gasteiger partial charge in [-0.1, -0.05) is 26.0 Å². The summed E-state index contributed by atoms with van der Waals surface area (Å²) in [5.74, 6) is 0.556. The van der Waals surface area contributed by atoms with E-state index in [1.807, 2.05) is 13.8 Å². The van der Waals surface area contributed by atoms with Crippen LogP contribution < -0.4 is 0 Å². The lowest BCUT2D eigenvalue weighted by Gasteiger charge is -2.09. The van der Waals surface area contributed by atoms with Gasteiger partial charge in [-0.05, 0) is 25.2 Å². The number of ether oxygens (including phenoxy) is 1. The zero-order valence-electron chi connectivity index (χ0n) is 8.67. The average molecular weight is 184 g/mol. The van der Waals surface area contributed by atoms with E-state index < -0.39 is 5.67 Å². The number of rotatable bonds is 1. The summed E-state index contributed by atoms with van der Waals surface area (Å²) >= 11 is 0. The van der Waals surface area contributed by atoms with E-state index in [0.29, 0.717) is 5.76 Å². The van der Waals surface area contributed by atoms with Crippen LogP contribution in [0.5, 0.6) is 0 Å². The lowest BCUT2D eigenvalue weighted by molar-refractivity contribution is 0.279. The minimum absolute atomic E-state index is 0.556.